The molecule has 0 aliphatic rings. The first-order valence-corrected chi connectivity index (χ1v) is 10.4. The van der Waals surface area contributed by atoms with Gasteiger partial charge < -0.3 is 0 Å². The SMILES string of the molecule is Cc1nn(C(C)(C)C)c(C)c1C(=O)NNC(=O)c1cccc(S(=O)(=O)N(C)C)c1. The highest BCUT2D eigenvalue weighted by Gasteiger charge is 2.25. The summed E-state index contributed by atoms with van der Waals surface area (Å²) in [5, 5.41) is 4.41. The van der Waals surface area contributed by atoms with E-state index >= 15 is 0 Å². The molecule has 0 bridgehead atoms. The van der Waals surface area contributed by atoms with E-state index < -0.39 is 21.8 Å². The molecule has 0 unspecified atom stereocenters. The molecule has 0 aliphatic heterocycles. The Morgan fingerprint density at radius 2 is 1.66 bits per heavy atom. The van der Waals surface area contributed by atoms with Crippen molar-refractivity contribution in [2.24, 2.45) is 0 Å². The number of amides is 2. The zero-order chi connectivity index (χ0) is 22.1. The van der Waals surface area contributed by atoms with Gasteiger partial charge in [0.15, 0.2) is 0 Å². The molecule has 10 heteroatoms. The first-order valence-electron chi connectivity index (χ1n) is 8.96. The van der Waals surface area contributed by atoms with E-state index in [-0.39, 0.29) is 16.0 Å². The van der Waals surface area contributed by atoms with E-state index in [1.54, 1.807) is 18.5 Å². The number of sulfonamides is 1. The number of hydrazine groups is 1. The fourth-order valence-electron chi connectivity index (χ4n) is 2.88. The molecule has 1 aromatic heterocycles. The molecule has 0 saturated carbocycles. The summed E-state index contributed by atoms with van der Waals surface area (Å²) in [6.07, 6.45) is 0. The number of aryl methyl sites for hydroxylation is 1. The lowest BCUT2D eigenvalue weighted by molar-refractivity contribution is 0.0845. The van der Waals surface area contributed by atoms with Gasteiger partial charge in [0.05, 0.1) is 21.7 Å². The van der Waals surface area contributed by atoms with Crippen molar-refractivity contribution >= 4 is 21.8 Å². The van der Waals surface area contributed by atoms with Gasteiger partial charge in [-0.05, 0) is 52.8 Å². The number of hydrogen-bond donors (Lipinski definition) is 2. The van der Waals surface area contributed by atoms with Crippen LogP contribution in [-0.4, -0.2) is 48.4 Å². The van der Waals surface area contributed by atoms with Crippen molar-refractivity contribution in [1.82, 2.24) is 24.9 Å². The molecule has 0 radical (unpaired) electrons. The highest BCUT2D eigenvalue weighted by atomic mass is 32.2. The number of carbonyl (C=O) groups excluding carboxylic acids is 2. The maximum Gasteiger partial charge on any atom is 0.273 e. The van der Waals surface area contributed by atoms with Gasteiger partial charge in [0.1, 0.15) is 0 Å². The number of aromatic nitrogens is 2. The number of benzene rings is 1. The van der Waals surface area contributed by atoms with Gasteiger partial charge in [0.2, 0.25) is 10.0 Å². The molecule has 0 atom stereocenters. The van der Waals surface area contributed by atoms with Crippen LogP contribution >= 0.6 is 0 Å². The monoisotopic (exact) mass is 421 g/mol. The van der Waals surface area contributed by atoms with Crippen molar-refractivity contribution < 1.29 is 18.0 Å². The molecule has 0 spiro atoms. The van der Waals surface area contributed by atoms with Gasteiger partial charge in [-0.25, -0.2) is 12.7 Å². The molecule has 2 aromatic rings. The van der Waals surface area contributed by atoms with E-state index in [1.807, 2.05) is 20.8 Å². The van der Waals surface area contributed by atoms with Crippen molar-refractivity contribution in [1.29, 1.82) is 0 Å². The van der Waals surface area contributed by atoms with Crippen LogP contribution in [-0.2, 0) is 15.6 Å². The molecular formula is C19H27N5O4S. The first-order chi connectivity index (χ1) is 13.3. The second-order valence-electron chi connectivity index (χ2n) is 7.85. The number of rotatable bonds is 4. The molecule has 2 amide bonds. The topological polar surface area (TPSA) is 113 Å². The molecule has 158 valence electrons. The third-order valence-electron chi connectivity index (χ3n) is 4.32. The average Bonchev–Trinajstić information content (AvgIpc) is 2.94. The molecule has 29 heavy (non-hydrogen) atoms. The molecule has 2 N–H and O–H groups in total. The lowest BCUT2D eigenvalue weighted by Gasteiger charge is -2.21. The second-order valence-corrected chi connectivity index (χ2v) is 10.0. The quantitative estimate of drug-likeness (QED) is 0.728. The Morgan fingerprint density at radius 3 is 2.17 bits per heavy atom. The third kappa shape index (κ3) is 4.65. The predicted molar refractivity (Wildman–Crippen MR) is 109 cm³/mol. The lowest BCUT2D eigenvalue weighted by atomic mass is 10.1. The highest BCUT2D eigenvalue weighted by molar-refractivity contribution is 7.89. The zero-order valence-electron chi connectivity index (χ0n) is 17.7. The molecule has 9 nitrogen and oxygen atoms in total. The molecule has 2 rings (SSSR count). The van der Waals surface area contributed by atoms with Gasteiger partial charge >= 0.3 is 0 Å². The molecule has 0 aliphatic carbocycles. The fourth-order valence-corrected chi connectivity index (χ4v) is 3.83. The average molecular weight is 422 g/mol. The summed E-state index contributed by atoms with van der Waals surface area (Å²) < 4.78 is 27.3. The Bertz CT molecular complexity index is 1050. The van der Waals surface area contributed by atoms with E-state index in [0.717, 1.165) is 4.31 Å². The van der Waals surface area contributed by atoms with Crippen LogP contribution in [0.5, 0.6) is 0 Å². The molecule has 0 fully saturated rings. The van der Waals surface area contributed by atoms with Gasteiger partial charge in [0, 0.05) is 25.4 Å². The van der Waals surface area contributed by atoms with Gasteiger partial charge in [-0.2, -0.15) is 5.10 Å². The molecule has 0 saturated heterocycles. The fraction of sp³-hybridized carbons (Fsp3) is 0.421. The Labute approximate surface area is 171 Å². The van der Waals surface area contributed by atoms with E-state index in [4.69, 9.17) is 0 Å². The van der Waals surface area contributed by atoms with Gasteiger partial charge in [-0.3, -0.25) is 25.1 Å². The summed E-state index contributed by atoms with van der Waals surface area (Å²) in [5.41, 5.74) is 6.11. The van der Waals surface area contributed by atoms with E-state index in [1.165, 1.54) is 38.4 Å². The Morgan fingerprint density at radius 1 is 1.07 bits per heavy atom. The second kappa shape index (κ2) is 7.96. The van der Waals surface area contributed by atoms with E-state index in [2.05, 4.69) is 16.0 Å². The molecule has 1 aromatic carbocycles. The minimum absolute atomic E-state index is 0.0142. The third-order valence-corrected chi connectivity index (χ3v) is 6.13. The number of nitrogens with zero attached hydrogens (tertiary/aromatic N) is 3. The van der Waals surface area contributed by atoms with Crippen LogP contribution in [0.3, 0.4) is 0 Å². The van der Waals surface area contributed by atoms with Crippen LogP contribution in [0.15, 0.2) is 29.2 Å². The smallest absolute Gasteiger partial charge is 0.267 e. The van der Waals surface area contributed by atoms with Crippen molar-refractivity contribution in [2.45, 2.75) is 45.1 Å². The Kier molecular flexibility index (Phi) is 6.19. The minimum atomic E-state index is -3.67. The molecular weight excluding hydrogens is 394 g/mol. The first kappa shape index (κ1) is 22.6. The normalized spacial score (nSPS) is 12.1. The van der Waals surface area contributed by atoms with Crippen LogP contribution in [0.2, 0.25) is 0 Å². The summed E-state index contributed by atoms with van der Waals surface area (Å²) in [6, 6.07) is 5.59. The number of hydrogen-bond acceptors (Lipinski definition) is 5. The summed E-state index contributed by atoms with van der Waals surface area (Å²) in [4.78, 5) is 25.0. The number of nitrogens with one attached hydrogen (secondary N) is 2. The molecule has 1 heterocycles. The maximum absolute atomic E-state index is 12.6. The standard InChI is InChI=1S/C19H27N5O4S/c1-12-16(13(2)24(22-12)19(3,4)5)18(26)21-20-17(25)14-9-8-10-15(11-14)29(27,28)23(6)7/h8-11H,1-7H3,(H,20,25)(H,21,26). The summed E-state index contributed by atoms with van der Waals surface area (Å²) in [7, 11) is -0.860. The number of carbonyl (C=O) groups is 2. The summed E-state index contributed by atoms with van der Waals surface area (Å²) >= 11 is 0. The summed E-state index contributed by atoms with van der Waals surface area (Å²) in [5.74, 6) is -1.13. The van der Waals surface area contributed by atoms with Gasteiger partial charge in [-0.15, -0.1) is 0 Å². The Balaban J connectivity index is 2.19. The van der Waals surface area contributed by atoms with Crippen molar-refractivity contribution in [3.8, 4) is 0 Å². The zero-order valence-corrected chi connectivity index (χ0v) is 18.5. The lowest BCUT2D eigenvalue weighted by Crippen LogP contribution is -2.42. The van der Waals surface area contributed by atoms with Gasteiger partial charge in [0.25, 0.3) is 11.8 Å². The van der Waals surface area contributed by atoms with E-state index in [0.29, 0.717) is 17.0 Å². The van der Waals surface area contributed by atoms with Crippen molar-refractivity contribution in [3.63, 3.8) is 0 Å². The van der Waals surface area contributed by atoms with Crippen molar-refractivity contribution in [3.05, 3.63) is 46.8 Å². The largest absolute Gasteiger partial charge is 0.273 e. The minimum Gasteiger partial charge on any atom is -0.267 e. The highest BCUT2D eigenvalue weighted by Crippen LogP contribution is 2.21. The van der Waals surface area contributed by atoms with E-state index in [9.17, 15) is 18.0 Å². The van der Waals surface area contributed by atoms with Crippen molar-refractivity contribution in [2.75, 3.05) is 14.1 Å². The van der Waals surface area contributed by atoms with Gasteiger partial charge in [-0.1, -0.05) is 6.07 Å². The Hall–Kier alpha value is -2.72. The summed E-state index contributed by atoms with van der Waals surface area (Å²) in [6.45, 7) is 9.44. The van der Waals surface area contributed by atoms with Crippen LogP contribution < -0.4 is 10.9 Å². The predicted octanol–water partition coefficient (Wildman–Crippen LogP) is 1.58. The van der Waals surface area contributed by atoms with Crippen LogP contribution in [0, 0.1) is 13.8 Å². The van der Waals surface area contributed by atoms with Crippen LogP contribution in [0.25, 0.3) is 0 Å². The van der Waals surface area contributed by atoms with Crippen LogP contribution in [0.1, 0.15) is 52.9 Å². The van der Waals surface area contributed by atoms with Crippen LogP contribution in [0.4, 0.5) is 0 Å². The maximum atomic E-state index is 12.6.